The summed E-state index contributed by atoms with van der Waals surface area (Å²) >= 11 is 0. The Labute approximate surface area is 57.0 Å². The van der Waals surface area contributed by atoms with Crippen molar-refractivity contribution in [2.24, 2.45) is 0 Å². The summed E-state index contributed by atoms with van der Waals surface area (Å²) in [5.41, 5.74) is 0. The zero-order valence-electron chi connectivity index (χ0n) is 6.11. The van der Waals surface area contributed by atoms with Gasteiger partial charge in [-0.1, -0.05) is 6.92 Å². The van der Waals surface area contributed by atoms with Crippen molar-refractivity contribution >= 4 is 0 Å². The number of piperidine rings is 1. The van der Waals surface area contributed by atoms with Gasteiger partial charge in [0.25, 0.3) is 0 Å². The maximum absolute atomic E-state index is 3.42. The molecule has 0 spiro atoms. The van der Waals surface area contributed by atoms with Crippen LogP contribution in [0.15, 0.2) is 0 Å². The largest absolute Gasteiger partial charge is 0.315 e. The molecule has 2 N–H and O–H groups in total. The first-order valence-electron chi connectivity index (χ1n) is 3.87. The molecule has 1 fully saturated rings. The molecular weight excluding hydrogens is 112 g/mol. The minimum atomic E-state index is 0.740. The van der Waals surface area contributed by atoms with Gasteiger partial charge in [-0.3, -0.25) is 0 Å². The molecule has 54 valence electrons. The van der Waals surface area contributed by atoms with Gasteiger partial charge in [-0.2, -0.15) is 0 Å². The molecule has 1 aliphatic rings. The molecule has 0 amide bonds. The lowest BCUT2D eigenvalue weighted by molar-refractivity contribution is 0.397. The molecule has 0 aromatic heterocycles. The van der Waals surface area contributed by atoms with Crippen LogP contribution in [0.3, 0.4) is 0 Å². The predicted octanol–water partition coefficient (Wildman–Crippen LogP) is 0.348. The standard InChI is InChI=1S/C7H16N2/c1-2-9-7-4-3-5-8-6-7/h7-9H,2-6H2,1H3/t7-/m1/s1. The van der Waals surface area contributed by atoms with Crippen molar-refractivity contribution in [3.63, 3.8) is 0 Å². The molecule has 0 aliphatic carbocycles. The average Bonchev–Trinajstić information content (AvgIpc) is 1.91. The minimum absolute atomic E-state index is 0.740. The SMILES string of the molecule is CCN[C@@H]1CCCNC1. The van der Waals surface area contributed by atoms with Crippen molar-refractivity contribution in [3.05, 3.63) is 0 Å². The van der Waals surface area contributed by atoms with Crippen LogP contribution in [0.4, 0.5) is 0 Å². The topological polar surface area (TPSA) is 24.1 Å². The van der Waals surface area contributed by atoms with E-state index in [2.05, 4.69) is 17.6 Å². The molecule has 9 heavy (non-hydrogen) atoms. The monoisotopic (exact) mass is 128 g/mol. The summed E-state index contributed by atoms with van der Waals surface area (Å²) in [6, 6.07) is 0.740. The molecule has 0 bridgehead atoms. The van der Waals surface area contributed by atoms with Crippen molar-refractivity contribution in [2.75, 3.05) is 19.6 Å². The fraction of sp³-hybridized carbons (Fsp3) is 1.00. The molecule has 0 saturated carbocycles. The molecule has 2 nitrogen and oxygen atoms in total. The maximum Gasteiger partial charge on any atom is 0.0192 e. The van der Waals surface area contributed by atoms with Gasteiger partial charge in [0, 0.05) is 12.6 Å². The van der Waals surface area contributed by atoms with Crippen LogP contribution in [0, 0.1) is 0 Å². The van der Waals surface area contributed by atoms with E-state index in [0.29, 0.717) is 0 Å². The molecule has 0 aromatic rings. The summed E-state index contributed by atoms with van der Waals surface area (Å²) in [6.07, 6.45) is 2.68. The first-order chi connectivity index (χ1) is 4.43. The summed E-state index contributed by atoms with van der Waals surface area (Å²) < 4.78 is 0. The van der Waals surface area contributed by atoms with E-state index >= 15 is 0 Å². The second-order valence-corrected chi connectivity index (χ2v) is 2.60. The van der Waals surface area contributed by atoms with E-state index in [4.69, 9.17) is 0 Å². The molecule has 0 aromatic carbocycles. The third-order valence-corrected chi connectivity index (χ3v) is 1.79. The molecule has 0 radical (unpaired) electrons. The summed E-state index contributed by atoms with van der Waals surface area (Å²) in [7, 11) is 0. The number of hydrogen-bond acceptors (Lipinski definition) is 2. The van der Waals surface area contributed by atoms with E-state index in [1.807, 2.05) is 0 Å². The number of hydrogen-bond donors (Lipinski definition) is 2. The molecule has 0 unspecified atom stereocenters. The fourth-order valence-corrected chi connectivity index (χ4v) is 1.31. The van der Waals surface area contributed by atoms with Crippen molar-refractivity contribution in [2.45, 2.75) is 25.8 Å². The Morgan fingerprint density at radius 1 is 1.67 bits per heavy atom. The lowest BCUT2D eigenvalue weighted by atomic mass is 10.1. The van der Waals surface area contributed by atoms with Crippen LogP contribution in [-0.4, -0.2) is 25.7 Å². The van der Waals surface area contributed by atoms with Crippen LogP contribution in [0.1, 0.15) is 19.8 Å². The van der Waals surface area contributed by atoms with Crippen LogP contribution >= 0.6 is 0 Å². The molecule has 1 atom stereocenters. The Morgan fingerprint density at radius 2 is 2.56 bits per heavy atom. The number of nitrogens with one attached hydrogen (secondary N) is 2. The van der Waals surface area contributed by atoms with Gasteiger partial charge in [-0.25, -0.2) is 0 Å². The van der Waals surface area contributed by atoms with Gasteiger partial charge in [0.05, 0.1) is 0 Å². The Morgan fingerprint density at radius 3 is 3.11 bits per heavy atom. The van der Waals surface area contributed by atoms with Crippen LogP contribution in [-0.2, 0) is 0 Å². The van der Waals surface area contributed by atoms with E-state index < -0.39 is 0 Å². The fourth-order valence-electron chi connectivity index (χ4n) is 1.31. The van der Waals surface area contributed by atoms with Gasteiger partial charge in [0.15, 0.2) is 0 Å². The molecule has 1 saturated heterocycles. The first kappa shape index (κ1) is 7.03. The molecule has 1 aliphatic heterocycles. The Bertz CT molecular complexity index is 64.6. The van der Waals surface area contributed by atoms with Crippen molar-refractivity contribution in [1.82, 2.24) is 10.6 Å². The van der Waals surface area contributed by atoms with Crippen LogP contribution < -0.4 is 10.6 Å². The summed E-state index contributed by atoms with van der Waals surface area (Å²) in [5.74, 6) is 0. The van der Waals surface area contributed by atoms with Crippen LogP contribution in [0.2, 0.25) is 0 Å². The van der Waals surface area contributed by atoms with Crippen LogP contribution in [0.5, 0.6) is 0 Å². The highest BCUT2D eigenvalue weighted by Crippen LogP contribution is 1.99. The van der Waals surface area contributed by atoms with Gasteiger partial charge in [-0.05, 0) is 25.9 Å². The van der Waals surface area contributed by atoms with E-state index in [1.165, 1.54) is 19.4 Å². The summed E-state index contributed by atoms with van der Waals surface area (Å²) in [6.45, 7) is 5.64. The molecular formula is C7H16N2. The Balaban J connectivity index is 2.08. The second-order valence-electron chi connectivity index (χ2n) is 2.60. The Hall–Kier alpha value is -0.0800. The van der Waals surface area contributed by atoms with Gasteiger partial charge >= 0.3 is 0 Å². The normalized spacial score (nSPS) is 28.3. The van der Waals surface area contributed by atoms with Gasteiger partial charge in [0.2, 0.25) is 0 Å². The van der Waals surface area contributed by atoms with Crippen molar-refractivity contribution in [1.29, 1.82) is 0 Å². The molecule has 1 heterocycles. The van der Waals surface area contributed by atoms with Gasteiger partial charge in [0.1, 0.15) is 0 Å². The number of likely N-dealkylation sites (N-methyl/N-ethyl adjacent to an activating group) is 1. The highest BCUT2D eigenvalue weighted by atomic mass is 15.0. The smallest absolute Gasteiger partial charge is 0.0192 e. The zero-order valence-corrected chi connectivity index (χ0v) is 6.11. The Kier molecular flexibility index (Phi) is 3.01. The van der Waals surface area contributed by atoms with Crippen molar-refractivity contribution in [3.8, 4) is 0 Å². The molecule has 1 rings (SSSR count). The van der Waals surface area contributed by atoms with Gasteiger partial charge < -0.3 is 10.6 Å². The zero-order chi connectivity index (χ0) is 6.53. The number of rotatable bonds is 2. The average molecular weight is 128 g/mol. The van der Waals surface area contributed by atoms with E-state index in [1.54, 1.807) is 0 Å². The predicted molar refractivity (Wildman–Crippen MR) is 39.6 cm³/mol. The molecule has 2 heteroatoms. The third-order valence-electron chi connectivity index (χ3n) is 1.79. The van der Waals surface area contributed by atoms with Crippen molar-refractivity contribution < 1.29 is 0 Å². The van der Waals surface area contributed by atoms with Crippen LogP contribution in [0.25, 0.3) is 0 Å². The maximum atomic E-state index is 3.42. The second kappa shape index (κ2) is 3.85. The minimum Gasteiger partial charge on any atom is -0.315 e. The highest BCUT2D eigenvalue weighted by molar-refractivity contribution is 4.73. The quantitative estimate of drug-likeness (QED) is 0.560. The van der Waals surface area contributed by atoms with E-state index in [0.717, 1.165) is 19.1 Å². The van der Waals surface area contributed by atoms with Gasteiger partial charge in [-0.15, -0.1) is 0 Å². The lowest BCUT2D eigenvalue weighted by Crippen LogP contribution is -2.42. The summed E-state index contributed by atoms with van der Waals surface area (Å²) in [4.78, 5) is 0. The summed E-state index contributed by atoms with van der Waals surface area (Å²) in [5, 5.41) is 6.78. The van der Waals surface area contributed by atoms with E-state index in [-0.39, 0.29) is 0 Å². The third kappa shape index (κ3) is 2.33. The highest BCUT2D eigenvalue weighted by Gasteiger charge is 2.09. The first-order valence-corrected chi connectivity index (χ1v) is 3.87. The van der Waals surface area contributed by atoms with E-state index in [9.17, 15) is 0 Å². The lowest BCUT2D eigenvalue weighted by Gasteiger charge is -2.22.